The van der Waals surface area contributed by atoms with Crippen LogP contribution in [0.5, 0.6) is 0 Å². The lowest BCUT2D eigenvalue weighted by Gasteiger charge is -2.45. The normalized spacial score (nSPS) is 26.9. The number of likely N-dealkylation sites (tertiary alicyclic amines) is 2. The van der Waals surface area contributed by atoms with Crippen LogP contribution in [0.1, 0.15) is 37.6 Å². The van der Waals surface area contributed by atoms with E-state index in [0.29, 0.717) is 6.54 Å². The van der Waals surface area contributed by atoms with E-state index in [2.05, 4.69) is 27.3 Å². The minimum absolute atomic E-state index is 0.0144. The van der Waals surface area contributed by atoms with E-state index in [-0.39, 0.29) is 23.8 Å². The molecule has 2 saturated heterocycles. The fourth-order valence-electron chi connectivity index (χ4n) is 5.23. The second-order valence-electron chi connectivity index (χ2n) is 8.44. The third kappa shape index (κ3) is 3.67. The molecule has 0 saturated carbocycles. The van der Waals surface area contributed by atoms with Crippen molar-refractivity contribution in [2.24, 2.45) is 13.0 Å². The number of hydrogen-bond donors (Lipinski definition) is 1. The molecule has 2 amide bonds. The summed E-state index contributed by atoms with van der Waals surface area (Å²) in [5.74, 6) is 0.186. The molecular formula is C22H29N5O2. The summed E-state index contributed by atoms with van der Waals surface area (Å²) in [4.78, 5) is 33.3. The number of benzene rings is 1. The molecule has 4 rings (SSSR count). The first-order valence-corrected chi connectivity index (χ1v) is 10.2. The van der Waals surface area contributed by atoms with Crippen LogP contribution in [0.4, 0.5) is 0 Å². The number of imidazole rings is 1. The van der Waals surface area contributed by atoms with Crippen molar-refractivity contribution in [1.29, 1.82) is 0 Å². The minimum atomic E-state index is -0.450. The van der Waals surface area contributed by atoms with Crippen LogP contribution in [-0.2, 0) is 23.2 Å². The summed E-state index contributed by atoms with van der Waals surface area (Å²) in [6.45, 7) is 6.15. The number of amides is 2. The van der Waals surface area contributed by atoms with Gasteiger partial charge in [0.2, 0.25) is 11.8 Å². The average molecular weight is 396 g/mol. The van der Waals surface area contributed by atoms with Crippen molar-refractivity contribution >= 4 is 11.8 Å². The number of rotatable bonds is 4. The number of piperidine rings is 1. The van der Waals surface area contributed by atoms with Crippen LogP contribution >= 0.6 is 0 Å². The van der Waals surface area contributed by atoms with E-state index < -0.39 is 5.54 Å². The van der Waals surface area contributed by atoms with E-state index in [1.54, 1.807) is 13.8 Å². The van der Waals surface area contributed by atoms with Gasteiger partial charge in [-0.25, -0.2) is 4.98 Å². The summed E-state index contributed by atoms with van der Waals surface area (Å²) < 4.78 is 2.03. The SMILES string of the molecule is CC(=O)N[C@@]12CN(Cc3cncn3C)CC[C@@H]1[C@@H](c1ccccc1)N(C(C)=O)C2. The summed E-state index contributed by atoms with van der Waals surface area (Å²) in [7, 11) is 2.00. The largest absolute Gasteiger partial charge is 0.347 e. The molecule has 7 heteroatoms. The lowest BCUT2D eigenvalue weighted by Crippen LogP contribution is -2.63. The van der Waals surface area contributed by atoms with Gasteiger partial charge in [0.1, 0.15) is 0 Å². The van der Waals surface area contributed by atoms with E-state index in [1.807, 2.05) is 47.2 Å². The van der Waals surface area contributed by atoms with Gasteiger partial charge in [-0.05, 0) is 18.5 Å². The van der Waals surface area contributed by atoms with Gasteiger partial charge in [-0.1, -0.05) is 30.3 Å². The maximum Gasteiger partial charge on any atom is 0.220 e. The van der Waals surface area contributed by atoms with Gasteiger partial charge in [-0.3, -0.25) is 14.5 Å². The standard InChI is InChI=1S/C22H29N5O2/c1-16(28)24-22-13-26(12-19-11-23-15-25(19)3)10-9-20(22)21(27(14-22)17(2)29)18-7-5-4-6-8-18/h4-8,11,15,20-21H,9-10,12-14H2,1-3H3,(H,24,28)/t20-,21-,22-/m1/s1. The maximum absolute atomic E-state index is 12.6. The van der Waals surface area contributed by atoms with Crippen molar-refractivity contribution in [3.63, 3.8) is 0 Å². The Balaban J connectivity index is 1.67. The zero-order valence-electron chi connectivity index (χ0n) is 17.3. The Labute approximate surface area is 171 Å². The highest BCUT2D eigenvalue weighted by Crippen LogP contribution is 2.47. The van der Waals surface area contributed by atoms with E-state index in [0.717, 1.165) is 37.3 Å². The van der Waals surface area contributed by atoms with Gasteiger partial charge in [0, 0.05) is 52.6 Å². The van der Waals surface area contributed by atoms with E-state index in [9.17, 15) is 9.59 Å². The molecule has 0 radical (unpaired) electrons. The van der Waals surface area contributed by atoms with E-state index >= 15 is 0 Å². The fourth-order valence-corrected chi connectivity index (χ4v) is 5.23. The van der Waals surface area contributed by atoms with Crippen LogP contribution in [0, 0.1) is 5.92 Å². The smallest absolute Gasteiger partial charge is 0.220 e. The highest BCUT2D eigenvalue weighted by Gasteiger charge is 2.56. The van der Waals surface area contributed by atoms with Gasteiger partial charge in [0.05, 0.1) is 23.6 Å². The van der Waals surface area contributed by atoms with Crippen molar-refractivity contribution < 1.29 is 9.59 Å². The number of aryl methyl sites for hydroxylation is 1. The number of aromatic nitrogens is 2. The van der Waals surface area contributed by atoms with Crippen molar-refractivity contribution in [3.05, 3.63) is 54.1 Å². The third-order valence-corrected chi connectivity index (χ3v) is 6.41. The van der Waals surface area contributed by atoms with Gasteiger partial charge in [-0.2, -0.15) is 0 Å². The number of carbonyl (C=O) groups is 2. The van der Waals surface area contributed by atoms with Gasteiger partial charge < -0.3 is 14.8 Å². The van der Waals surface area contributed by atoms with E-state index in [1.165, 1.54) is 0 Å². The zero-order chi connectivity index (χ0) is 20.6. The Kier molecular flexibility index (Phi) is 5.17. The van der Waals surface area contributed by atoms with Crippen LogP contribution in [0.2, 0.25) is 0 Å². The molecule has 154 valence electrons. The Morgan fingerprint density at radius 3 is 2.59 bits per heavy atom. The maximum atomic E-state index is 12.6. The van der Waals surface area contributed by atoms with Crippen molar-refractivity contribution in [1.82, 2.24) is 24.7 Å². The van der Waals surface area contributed by atoms with Gasteiger partial charge >= 0.3 is 0 Å². The first-order chi connectivity index (χ1) is 13.9. The van der Waals surface area contributed by atoms with Crippen LogP contribution in [-0.4, -0.2) is 56.3 Å². The molecule has 1 aromatic heterocycles. The number of fused-ring (bicyclic) bond motifs is 1. The third-order valence-electron chi connectivity index (χ3n) is 6.41. The molecule has 0 unspecified atom stereocenters. The molecular weight excluding hydrogens is 366 g/mol. The quantitative estimate of drug-likeness (QED) is 0.856. The number of nitrogens with zero attached hydrogens (tertiary/aromatic N) is 4. The second-order valence-corrected chi connectivity index (χ2v) is 8.44. The van der Waals surface area contributed by atoms with Crippen LogP contribution in [0.3, 0.4) is 0 Å². The predicted molar refractivity (Wildman–Crippen MR) is 110 cm³/mol. The highest BCUT2D eigenvalue weighted by molar-refractivity contribution is 5.77. The second kappa shape index (κ2) is 7.63. The summed E-state index contributed by atoms with van der Waals surface area (Å²) in [6.07, 6.45) is 4.62. The molecule has 2 fully saturated rings. The Morgan fingerprint density at radius 2 is 1.97 bits per heavy atom. The van der Waals surface area contributed by atoms with E-state index in [4.69, 9.17) is 0 Å². The first kappa shape index (κ1) is 19.6. The number of carbonyl (C=O) groups excluding carboxylic acids is 2. The minimum Gasteiger partial charge on any atom is -0.347 e. The number of nitrogens with one attached hydrogen (secondary N) is 1. The molecule has 29 heavy (non-hydrogen) atoms. The summed E-state index contributed by atoms with van der Waals surface area (Å²) in [6, 6.07) is 10.2. The summed E-state index contributed by atoms with van der Waals surface area (Å²) in [5.41, 5.74) is 1.83. The summed E-state index contributed by atoms with van der Waals surface area (Å²) >= 11 is 0. The molecule has 7 nitrogen and oxygen atoms in total. The molecule has 0 aliphatic carbocycles. The lowest BCUT2D eigenvalue weighted by atomic mass is 9.75. The highest BCUT2D eigenvalue weighted by atomic mass is 16.2. The molecule has 2 aliphatic heterocycles. The molecule has 0 bridgehead atoms. The Morgan fingerprint density at radius 1 is 1.21 bits per heavy atom. The molecule has 2 aliphatic rings. The predicted octanol–water partition coefficient (Wildman–Crippen LogP) is 1.72. The van der Waals surface area contributed by atoms with Crippen LogP contribution in [0.15, 0.2) is 42.9 Å². The van der Waals surface area contributed by atoms with Gasteiger partial charge in [0.25, 0.3) is 0 Å². The molecule has 1 N–H and O–H groups in total. The molecule has 3 atom stereocenters. The number of hydrogen-bond acceptors (Lipinski definition) is 4. The van der Waals surface area contributed by atoms with Crippen molar-refractivity contribution in [2.45, 2.75) is 38.4 Å². The summed E-state index contributed by atoms with van der Waals surface area (Å²) in [5, 5.41) is 3.27. The Bertz CT molecular complexity index is 896. The van der Waals surface area contributed by atoms with Crippen molar-refractivity contribution in [2.75, 3.05) is 19.6 Å². The topological polar surface area (TPSA) is 70.5 Å². The fraction of sp³-hybridized carbons (Fsp3) is 0.500. The van der Waals surface area contributed by atoms with Crippen molar-refractivity contribution in [3.8, 4) is 0 Å². The molecule has 1 aromatic carbocycles. The lowest BCUT2D eigenvalue weighted by molar-refractivity contribution is -0.130. The first-order valence-electron chi connectivity index (χ1n) is 10.2. The monoisotopic (exact) mass is 395 g/mol. The molecule has 3 heterocycles. The molecule has 0 spiro atoms. The zero-order valence-corrected chi connectivity index (χ0v) is 17.3. The van der Waals surface area contributed by atoms with Crippen LogP contribution in [0.25, 0.3) is 0 Å². The van der Waals surface area contributed by atoms with Gasteiger partial charge in [0.15, 0.2) is 0 Å². The Hall–Kier alpha value is -2.67. The molecule has 2 aromatic rings. The average Bonchev–Trinajstić information content (AvgIpc) is 3.22. The van der Waals surface area contributed by atoms with Gasteiger partial charge in [-0.15, -0.1) is 0 Å². The van der Waals surface area contributed by atoms with Crippen LogP contribution < -0.4 is 5.32 Å².